The van der Waals surface area contributed by atoms with Crippen molar-refractivity contribution in [3.8, 4) is 0 Å². The number of hydrogen-bond acceptors (Lipinski definition) is 5. The van der Waals surface area contributed by atoms with E-state index < -0.39 is 22.5 Å². The van der Waals surface area contributed by atoms with Crippen molar-refractivity contribution in [2.45, 2.75) is 18.2 Å². The maximum absolute atomic E-state index is 12.2. The van der Waals surface area contributed by atoms with E-state index in [1.165, 1.54) is 19.2 Å². The summed E-state index contributed by atoms with van der Waals surface area (Å²) in [6.45, 7) is 1.14. The van der Waals surface area contributed by atoms with Crippen molar-refractivity contribution in [3.63, 3.8) is 0 Å². The number of aliphatic carboxylic acids is 1. The summed E-state index contributed by atoms with van der Waals surface area (Å²) in [4.78, 5) is 22.4. The number of likely N-dealkylation sites (N-methyl/N-ethyl adjacent to an activating group) is 1. The van der Waals surface area contributed by atoms with Gasteiger partial charge in [0.05, 0.1) is 10.6 Å². The largest absolute Gasteiger partial charge is 0.480 e. The second-order valence-electron chi connectivity index (χ2n) is 5.34. The van der Waals surface area contributed by atoms with Gasteiger partial charge in [0.15, 0.2) is 0 Å². The molecule has 2 N–H and O–H groups in total. The molecule has 24 heavy (non-hydrogen) atoms. The Labute approximate surface area is 138 Å². The van der Waals surface area contributed by atoms with Crippen LogP contribution in [0.1, 0.15) is 16.8 Å². The van der Waals surface area contributed by atoms with Gasteiger partial charge in [-0.1, -0.05) is 12.1 Å². The fraction of sp³-hybridized carbons (Fsp3) is 0.267. The van der Waals surface area contributed by atoms with E-state index in [1.807, 2.05) is 0 Å². The Bertz CT molecular complexity index is 903. The SMILES string of the molecule is Cc1cc(Cc2ccc(S(=O)(=O)N(C)CC(=O)O)cc2)c(=O)[nH]n1. The van der Waals surface area contributed by atoms with E-state index in [0.29, 0.717) is 17.7 Å². The second kappa shape index (κ2) is 6.93. The number of carboxylic acid groups (broad SMARTS) is 1. The number of carbonyl (C=O) groups is 1. The Morgan fingerprint density at radius 1 is 1.29 bits per heavy atom. The van der Waals surface area contributed by atoms with E-state index in [2.05, 4.69) is 10.2 Å². The number of sulfonamides is 1. The molecule has 0 saturated heterocycles. The van der Waals surface area contributed by atoms with Crippen molar-refractivity contribution in [2.75, 3.05) is 13.6 Å². The van der Waals surface area contributed by atoms with Crippen LogP contribution < -0.4 is 5.56 Å². The number of nitrogens with one attached hydrogen (secondary N) is 1. The number of rotatable bonds is 6. The normalized spacial score (nSPS) is 11.6. The molecule has 0 spiro atoms. The molecule has 0 fully saturated rings. The third-order valence-corrected chi connectivity index (χ3v) is 5.21. The third-order valence-electron chi connectivity index (χ3n) is 3.39. The lowest BCUT2D eigenvalue weighted by Gasteiger charge is -2.15. The molecule has 1 heterocycles. The smallest absolute Gasteiger partial charge is 0.318 e. The molecule has 0 bridgehead atoms. The van der Waals surface area contributed by atoms with Crippen molar-refractivity contribution in [3.05, 3.63) is 57.5 Å². The van der Waals surface area contributed by atoms with Crippen molar-refractivity contribution in [1.82, 2.24) is 14.5 Å². The first-order chi connectivity index (χ1) is 11.2. The maximum Gasteiger partial charge on any atom is 0.318 e. The summed E-state index contributed by atoms with van der Waals surface area (Å²) >= 11 is 0. The molecular weight excluding hydrogens is 334 g/mol. The molecule has 9 heteroatoms. The van der Waals surface area contributed by atoms with Crippen molar-refractivity contribution in [2.24, 2.45) is 0 Å². The van der Waals surface area contributed by atoms with Crippen LogP contribution in [0.2, 0.25) is 0 Å². The minimum absolute atomic E-state index is 0.00480. The Morgan fingerprint density at radius 3 is 2.50 bits per heavy atom. The molecule has 0 radical (unpaired) electrons. The molecule has 0 atom stereocenters. The predicted octanol–water partition coefficient (Wildman–Crippen LogP) is 0.374. The third kappa shape index (κ3) is 4.06. The Balaban J connectivity index is 2.23. The first-order valence-corrected chi connectivity index (χ1v) is 8.46. The summed E-state index contributed by atoms with van der Waals surface area (Å²) in [7, 11) is -2.66. The number of aryl methyl sites for hydroxylation is 1. The van der Waals surface area contributed by atoms with Gasteiger partial charge in [-0.2, -0.15) is 9.40 Å². The lowest BCUT2D eigenvalue weighted by Crippen LogP contribution is -2.32. The predicted molar refractivity (Wildman–Crippen MR) is 86.3 cm³/mol. The lowest BCUT2D eigenvalue weighted by molar-refractivity contribution is -0.137. The fourth-order valence-corrected chi connectivity index (χ4v) is 3.27. The zero-order chi connectivity index (χ0) is 17.9. The Kier molecular flexibility index (Phi) is 5.15. The van der Waals surface area contributed by atoms with Gasteiger partial charge < -0.3 is 5.11 Å². The first kappa shape index (κ1) is 17.8. The van der Waals surface area contributed by atoms with Crippen LogP contribution in [0.3, 0.4) is 0 Å². The van der Waals surface area contributed by atoms with Gasteiger partial charge in [0.2, 0.25) is 10.0 Å². The average molecular weight is 351 g/mol. The van der Waals surface area contributed by atoms with Crippen LogP contribution in [-0.4, -0.2) is 47.6 Å². The molecule has 1 aromatic carbocycles. The number of nitrogens with zero attached hydrogens (tertiary/aromatic N) is 2. The van der Waals surface area contributed by atoms with E-state index >= 15 is 0 Å². The van der Waals surface area contributed by atoms with Gasteiger partial charge in [-0.3, -0.25) is 9.59 Å². The molecule has 2 aromatic rings. The van der Waals surface area contributed by atoms with Crippen LogP contribution in [0.5, 0.6) is 0 Å². The van der Waals surface area contributed by atoms with Crippen LogP contribution in [0.15, 0.2) is 40.0 Å². The van der Waals surface area contributed by atoms with E-state index in [4.69, 9.17) is 5.11 Å². The molecule has 1 aromatic heterocycles. The number of hydrogen-bond donors (Lipinski definition) is 2. The van der Waals surface area contributed by atoms with Crippen LogP contribution in [0.4, 0.5) is 0 Å². The van der Waals surface area contributed by atoms with Gasteiger partial charge >= 0.3 is 5.97 Å². The number of carboxylic acids is 1. The highest BCUT2D eigenvalue weighted by molar-refractivity contribution is 7.89. The highest BCUT2D eigenvalue weighted by atomic mass is 32.2. The number of aromatic nitrogens is 2. The molecule has 0 saturated carbocycles. The van der Waals surface area contributed by atoms with Crippen molar-refractivity contribution >= 4 is 16.0 Å². The quantitative estimate of drug-likeness (QED) is 0.776. The molecule has 0 aliphatic heterocycles. The minimum Gasteiger partial charge on any atom is -0.480 e. The minimum atomic E-state index is -3.86. The molecule has 0 aliphatic carbocycles. The second-order valence-corrected chi connectivity index (χ2v) is 7.38. The summed E-state index contributed by atoms with van der Waals surface area (Å²) in [5, 5.41) is 14.9. The summed E-state index contributed by atoms with van der Waals surface area (Å²) < 4.78 is 25.2. The average Bonchev–Trinajstić information content (AvgIpc) is 2.51. The summed E-state index contributed by atoms with van der Waals surface area (Å²) in [6, 6.07) is 7.65. The van der Waals surface area contributed by atoms with Crippen LogP contribution >= 0.6 is 0 Å². The highest BCUT2D eigenvalue weighted by Crippen LogP contribution is 2.16. The molecule has 8 nitrogen and oxygen atoms in total. The van der Waals surface area contributed by atoms with Gasteiger partial charge in [-0.15, -0.1) is 0 Å². The van der Waals surface area contributed by atoms with E-state index in [1.54, 1.807) is 25.1 Å². The van der Waals surface area contributed by atoms with Gasteiger partial charge in [-0.25, -0.2) is 13.5 Å². The molecule has 2 rings (SSSR count). The first-order valence-electron chi connectivity index (χ1n) is 7.02. The molecule has 0 aliphatic rings. The Hall–Kier alpha value is -2.52. The van der Waals surface area contributed by atoms with Crippen molar-refractivity contribution < 1.29 is 18.3 Å². The fourth-order valence-electron chi connectivity index (χ4n) is 2.15. The van der Waals surface area contributed by atoms with Crippen LogP contribution in [0, 0.1) is 6.92 Å². The molecule has 0 amide bonds. The number of benzene rings is 1. The van der Waals surface area contributed by atoms with Crippen LogP contribution in [-0.2, 0) is 21.2 Å². The number of aromatic amines is 1. The highest BCUT2D eigenvalue weighted by Gasteiger charge is 2.22. The maximum atomic E-state index is 12.2. The monoisotopic (exact) mass is 351 g/mol. The van der Waals surface area contributed by atoms with Gasteiger partial charge in [0.25, 0.3) is 5.56 Å². The Morgan fingerprint density at radius 2 is 1.92 bits per heavy atom. The van der Waals surface area contributed by atoms with E-state index in [-0.39, 0.29) is 10.5 Å². The summed E-state index contributed by atoms with van der Waals surface area (Å²) in [5.74, 6) is -1.23. The van der Waals surface area contributed by atoms with Gasteiger partial charge in [0, 0.05) is 19.0 Å². The van der Waals surface area contributed by atoms with Gasteiger partial charge in [0.1, 0.15) is 6.54 Å². The molecular formula is C15H17N3O5S. The number of H-pyrrole nitrogens is 1. The molecule has 0 unspecified atom stereocenters. The lowest BCUT2D eigenvalue weighted by atomic mass is 10.1. The van der Waals surface area contributed by atoms with E-state index in [9.17, 15) is 18.0 Å². The summed E-state index contributed by atoms with van der Waals surface area (Å²) in [5.41, 5.74) is 1.67. The topological polar surface area (TPSA) is 120 Å². The van der Waals surface area contributed by atoms with Gasteiger partial charge in [-0.05, 0) is 30.7 Å². The van der Waals surface area contributed by atoms with E-state index in [0.717, 1.165) is 9.87 Å². The van der Waals surface area contributed by atoms with Crippen molar-refractivity contribution in [1.29, 1.82) is 0 Å². The summed E-state index contributed by atoms with van der Waals surface area (Å²) in [6.07, 6.45) is 0.337. The van der Waals surface area contributed by atoms with Crippen LogP contribution in [0.25, 0.3) is 0 Å². The standard InChI is InChI=1S/C15H17N3O5S/c1-10-7-12(15(21)17-16-10)8-11-3-5-13(6-4-11)24(22,23)18(2)9-14(19)20/h3-7H,8-9H2,1-2H3,(H,17,21)(H,19,20). The zero-order valence-electron chi connectivity index (χ0n) is 13.2. The molecule has 128 valence electrons. The zero-order valence-corrected chi connectivity index (χ0v) is 14.0.